The summed E-state index contributed by atoms with van der Waals surface area (Å²) in [5.74, 6) is -0.622. The van der Waals surface area contributed by atoms with Crippen LogP contribution in [-0.2, 0) is 18.0 Å². The molecule has 0 aromatic heterocycles. The second kappa shape index (κ2) is 9.60. The smallest absolute Gasteiger partial charge is 0.496 e. The van der Waals surface area contributed by atoms with Crippen LogP contribution in [0.3, 0.4) is 0 Å². The second-order valence-electron chi connectivity index (χ2n) is 7.40. The van der Waals surface area contributed by atoms with Gasteiger partial charge in [-0.1, -0.05) is 18.2 Å². The van der Waals surface area contributed by atoms with Crippen molar-refractivity contribution in [2.45, 2.75) is 46.5 Å². The molecule has 30 heavy (non-hydrogen) atoms. The Bertz CT molecular complexity index is 913. The van der Waals surface area contributed by atoms with Gasteiger partial charge in [0.1, 0.15) is 22.7 Å². The average Bonchev–Trinajstić information content (AvgIpc) is 2.66. The average molecular weight is 418 g/mol. The summed E-state index contributed by atoms with van der Waals surface area (Å²) in [5, 5.41) is 19.7. The normalized spacial score (nSPS) is 11.0. The van der Waals surface area contributed by atoms with Crippen molar-refractivity contribution in [1.82, 2.24) is 0 Å². The van der Waals surface area contributed by atoms with Crippen LogP contribution in [0.25, 0.3) is 0 Å². The van der Waals surface area contributed by atoms with Crippen LogP contribution in [0.2, 0.25) is 0 Å². The van der Waals surface area contributed by atoms with E-state index in [0.717, 1.165) is 0 Å². The van der Waals surface area contributed by atoms with Crippen molar-refractivity contribution in [3.63, 3.8) is 0 Å². The molecule has 8 nitrogen and oxygen atoms in total. The molecule has 0 spiro atoms. The van der Waals surface area contributed by atoms with Crippen LogP contribution in [-0.4, -0.2) is 35.0 Å². The lowest BCUT2D eigenvalue weighted by Crippen LogP contribution is -2.27. The number of carbonyl (C=O) groups is 2. The summed E-state index contributed by atoms with van der Waals surface area (Å²) < 4.78 is 21.3. The van der Waals surface area contributed by atoms with Crippen LogP contribution >= 0.6 is 0 Å². The molecule has 2 rings (SSSR count). The Balaban J connectivity index is 2.64. The summed E-state index contributed by atoms with van der Waals surface area (Å²) in [6.45, 7) is 5.39. The molecule has 0 atom stereocenters. The minimum atomic E-state index is -1.07. The van der Waals surface area contributed by atoms with E-state index in [1.54, 1.807) is 58.0 Å². The fourth-order valence-corrected chi connectivity index (χ4v) is 2.91. The number of esters is 1. The maximum atomic E-state index is 13.0. The molecular weight excluding hydrogens is 392 g/mol. The van der Waals surface area contributed by atoms with Gasteiger partial charge in [0.25, 0.3) is 0 Å². The van der Waals surface area contributed by atoms with Crippen LogP contribution in [0.4, 0.5) is 4.79 Å². The highest BCUT2D eigenvalue weighted by molar-refractivity contribution is 5.98. The minimum absolute atomic E-state index is 0.0193. The number of aliphatic hydroxyl groups is 2. The zero-order valence-corrected chi connectivity index (χ0v) is 17.6. The molecule has 162 valence electrons. The number of hydrogen-bond donors (Lipinski definition) is 2. The molecule has 0 unspecified atom stereocenters. The Morgan fingerprint density at radius 2 is 1.50 bits per heavy atom. The van der Waals surface area contributed by atoms with E-state index in [1.165, 1.54) is 7.11 Å². The summed E-state index contributed by atoms with van der Waals surface area (Å²) in [6.07, 6.45) is -1.07. The van der Waals surface area contributed by atoms with E-state index in [2.05, 4.69) is 0 Å². The SMILES string of the molecule is COc1c(C)c(C(=O)Oc2ccccc2)c(OC(=O)OC(C)(C)C)c(CO)c1CO. The Morgan fingerprint density at radius 3 is 2.00 bits per heavy atom. The van der Waals surface area contributed by atoms with Crippen LogP contribution in [0.15, 0.2) is 30.3 Å². The van der Waals surface area contributed by atoms with Gasteiger partial charge in [-0.2, -0.15) is 0 Å². The van der Waals surface area contributed by atoms with E-state index < -0.39 is 30.9 Å². The van der Waals surface area contributed by atoms with Gasteiger partial charge in [0.05, 0.1) is 20.3 Å². The molecule has 0 aliphatic carbocycles. The van der Waals surface area contributed by atoms with Gasteiger partial charge in [-0.3, -0.25) is 0 Å². The lowest BCUT2D eigenvalue weighted by Gasteiger charge is -2.23. The molecule has 8 heteroatoms. The van der Waals surface area contributed by atoms with Crippen molar-refractivity contribution in [2.75, 3.05) is 7.11 Å². The molecule has 0 aliphatic heterocycles. The summed E-state index contributed by atoms with van der Waals surface area (Å²) in [6, 6.07) is 8.34. The van der Waals surface area contributed by atoms with Crippen LogP contribution in [0.1, 0.15) is 47.8 Å². The highest BCUT2D eigenvalue weighted by atomic mass is 16.7. The first-order chi connectivity index (χ1) is 14.1. The summed E-state index contributed by atoms with van der Waals surface area (Å²) in [5.41, 5.74) is -0.484. The zero-order chi connectivity index (χ0) is 22.5. The molecule has 0 heterocycles. The van der Waals surface area contributed by atoms with Crippen molar-refractivity contribution in [3.05, 3.63) is 52.6 Å². The highest BCUT2D eigenvalue weighted by Crippen LogP contribution is 2.40. The van der Waals surface area contributed by atoms with E-state index in [0.29, 0.717) is 0 Å². The molecule has 2 aromatic rings. The van der Waals surface area contributed by atoms with Gasteiger partial charge in [-0.05, 0) is 39.8 Å². The number of benzene rings is 2. The van der Waals surface area contributed by atoms with Gasteiger partial charge in [-0.25, -0.2) is 9.59 Å². The fraction of sp³-hybridized carbons (Fsp3) is 0.364. The van der Waals surface area contributed by atoms with Gasteiger partial charge in [0.2, 0.25) is 0 Å². The largest absolute Gasteiger partial charge is 0.514 e. The molecule has 2 aromatic carbocycles. The molecular formula is C22H26O8. The van der Waals surface area contributed by atoms with Crippen molar-refractivity contribution < 1.29 is 38.7 Å². The summed E-state index contributed by atoms with van der Waals surface area (Å²) in [4.78, 5) is 25.3. The van der Waals surface area contributed by atoms with Crippen LogP contribution < -0.4 is 14.2 Å². The standard InChI is InChI=1S/C22H26O8/c1-13-17(20(25)28-14-9-7-6-8-10-14)19(29-21(26)30-22(2,3)4)16(12-24)15(11-23)18(13)27-5/h6-10,23-24H,11-12H2,1-5H3. The van der Waals surface area contributed by atoms with E-state index >= 15 is 0 Å². The number of aliphatic hydroxyl groups excluding tert-OH is 2. The fourth-order valence-electron chi connectivity index (χ4n) is 2.91. The molecule has 0 bridgehead atoms. The number of carbonyl (C=O) groups excluding carboxylic acids is 2. The maximum Gasteiger partial charge on any atom is 0.514 e. The Labute approximate surface area is 175 Å². The Morgan fingerprint density at radius 1 is 0.933 bits per heavy atom. The summed E-state index contributed by atoms with van der Waals surface area (Å²) in [7, 11) is 1.36. The highest BCUT2D eigenvalue weighted by Gasteiger charge is 2.31. The first kappa shape index (κ1) is 23.2. The first-order valence-corrected chi connectivity index (χ1v) is 9.25. The van der Waals surface area contributed by atoms with Gasteiger partial charge >= 0.3 is 12.1 Å². The predicted molar refractivity (Wildman–Crippen MR) is 108 cm³/mol. The summed E-state index contributed by atoms with van der Waals surface area (Å²) >= 11 is 0. The lowest BCUT2D eigenvalue weighted by atomic mass is 9.96. The Kier molecular flexibility index (Phi) is 7.42. The van der Waals surface area contributed by atoms with Gasteiger partial charge in [0, 0.05) is 16.7 Å². The molecule has 0 saturated carbocycles. The molecule has 0 saturated heterocycles. The number of rotatable bonds is 6. The van der Waals surface area contributed by atoms with Crippen molar-refractivity contribution in [3.8, 4) is 17.2 Å². The quantitative estimate of drug-likeness (QED) is 0.416. The van der Waals surface area contributed by atoms with Gasteiger partial charge in [0.15, 0.2) is 5.75 Å². The number of hydrogen-bond acceptors (Lipinski definition) is 8. The monoisotopic (exact) mass is 418 g/mol. The number of methoxy groups -OCH3 is 1. The predicted octanol–water partition coefficient (Wildman–Crippen LogP) is 3.52. The minimum Gasteiger partial charge on any atom is -0.496 e. The molecule has 2 N–H and O–H groups in total. The van der Waals surface area contributed by atoms with Crippen molar-refractivity contribution in [2.24, 2.45) is 0 Å². The van der Waals surface area contributed by atoms with E-state index in [9.17, 15) is 19.8 Å². The molecule has 0 aliphatic rings. The third-order valence-electron chi connectivity index (χ3n) is 4.11. The van der Waals surface area contributed by atoms with Crippen molar-refractivity contribution in [1.29, 1.82) is 0 Å². The van der Waals surface area contributed by atoms with Crippen LogP contribution in [0.5, 0.6) is 17.2 Å². The lowest BCUT2D eigenvalue weighted by molar-refractivity contribution is 0.0199. The zero-order valence-electron chi connectivity index (χ0n) is 17.6. The maximum absolute atomic E-state index is 13.0. The first-order valence-electron chi connectivity index (χ1n) is 9.25. The number of ether oxygens (including phenoxy) is 4. The Hall–Kier alpha value is -3.10. The third-order valence-corrected chi connectivity index (χ3v) is 4.11. The van der Waals surface area contributed by atoms with E-state index in [4.69, 9.17) is 18.9 Å². The van der Waals surface area contributed by atoms with Gasteiger partial charge < -0.3 is 29.2 Å². The van der Waals surface area contributed by atoms with Crippen molar-refractivity contribution >= 4 is 12.1 Å². The molecule has 0 fully saturated rings. The topological polar surface area (TPSA) is 112 Å². The second-order valence-corrected chi connectivity index (χ2v) is 7.40. The van der Waals surface area contributed by atoms with E-state index in [-0.39, 0.29) is 39.5 Å². The molecule has 0 radical (unpaired) electrons. The van der Waals surface area contributed by atoms with E-state index in [1.807, 2.05) is 0 Å². The number of para-hydroxylation sites is 1. The van der Waals surface area contributed by atoms with Gasteiger partial charge in [-0.15, -0.1) is 0 Å². The third kappa shape index (κ3) is 5.28. The molecule has 0 amide bonds. The van der Waals surface area contributed by atoms with Crippen LogP contribution in [0, 0.1) is 6.92 Å².